The molecule has 0 bridgehead atoms. The maximum absolute atomic E-state index is 9.42. The molecule has 0 aliphatic carbocycles. The molecule has 0 fully saturated rings. The van der Waals surface area contributed by atoms with E-state index in [0.717, 1.165) is 0 Å². The van der Waals surface area contributed by atoms with Crippen LogP contribution in [0.25, 0.3) is 0 Å². The third-order valence-corrected chi connectivity index (χ3v) is 1.57. The molecular formula is C7H17NO2. The van der Waals surface area contributed by atoms with Crippen LogP contribution in [0, 0.1) is 0 Å². The van der Waals surface area contributed by atoms with Crippen molar-refractivity contribution in [1.29, 1.82) is 0 Å². The Balaban J connectivity index is 3.64. The second kappa shape index (κ2) is 3.91. The van der Waals surface area contributed by atoms with Gasteiger partial charge in [0.05, 0.1) is 11.7 Å². The van der Waals surface area contributed by atoms with Gasteiger partial charge >= 0.3 is 0 Å². The fraction of sp³-hybridized carbons (Fsp3) is 1.00. The Morgan fingerprint density at radius 1 is 1.70 bits per heavy atom. The second-order valence-electron chi connectivity index (χ2n) is 2.95. The highest BCUT2D eigenvalue weighted by Gasteiger charge is 2.20. The average molecular weight is 147 g/mol. The van der Waals surface area contributed by atoms with E-state index in [0.29, 0.717) is 6.42 Å². The molecule has 2 unspecified atom stereocenters. The van der Waals surface area contributed by atoms with E-state index in [2.05, 4.69) is 0 Å². The molecule has 0 aliphatic heterocycles. The average Bonchev–Trinajstić information content (AvgIpc) is 1.87. The maximum atomic E-state index is 9.42. The fourth-order valence-corrected chi connectivity index (χ4v) is 0.786. The highest BCUT2D eigenvalue weighted by molar-refractivity contribution is 4.75. The molecule has 0 aromatic heterocycles. The lowest BCUT2D eigenvalue weighted by Gasteiger charge is -2.23. The number of nitrogens with two attached hydrogens (primary N) is 1. The van der Waals surface area contributed by atoms with Crippen LogP contribution < -0.4 is 5.73 Å². The molecule has 0 heterocycles. The van der Waals surface area contributed by atoms with Crippen molar-refractivity contribution >= 4 is 0 Å². The van der Waals surface area contributed by atoms with E-state index in [1.807, 2.05) is 6.92 Å². The molecule has 0 saturated carbocycles. The maximum Gasteiger partial charge on any atom is 0.0765 e. The lowest BCUT2D eigenvalue weighted by Crippen LogP contribution is -2.37. The van der Waals surface area contributed by atoms with Crippen LogP contribution in [0.15, 0.2) is 0 Å². The van der Waals surface area contributed by atoms with Crippen molar-refractivity contribution in [3.05, 3.63) is 0 Å². The molecule has 0 aromatic carbocycles. The number of methoxy groups -OCH3 is 1. The van der Waals surface area contributed by atoms with Gasteiger partial charge in [0, 0.05) is 20.1 Å². The standard InChI is InChI=1S/C7H17NO2/c1-6(10-3)4-7(2,9)5-8/h6,9H,4-5,8H2,1-3H3. The number of hydrogen-bond acceptors (Lipinski definition) is 3. The van der Waals surface area contributed by atoms with Crippen LogP contribution in [0.2, 0.25) is 0 Å². The predicted octanol–water partition coefficient (Wildman–Crippen LogP) is 0.121. The van der Waals surface area contributed by atoms with Gasteiger partial charge in [0.25, 0.3) is 0 Å². The van der Waals surface area contributed by atoms with Gasteiger partial charge in [-0.3, -0.25) is 0 Å². The first-order valence-electron chi connectivity index (χ1n) is 3.47. The van der Waals surface area contributed by atoms with E-state index in [-0.39, 0.29) is 12.6 Å². The van der Waals surface area contributed by atoms with Gasteiger partial charge in [-0.25, -0.2) is 0 Å². The van der Waals surface area contributed by atoms with Crippen molar-refractivity contribution < 1.29 is 9.84 Å². The Labute approximate surface area is 62.2 Å². The molecule has 0 aromatic rings. The van der Waals surface area contributed by atoms with Crippen LogP contribution >= 0.6 is 0 Å². The van der Waals surface area contributed by atoms with Gasteiger partial charge in [-0.15, -0.1) is 0 Å². The Hall–Kier alpha value is -0.120. The highest BCUT2D eigenvalue weighted by Crippen LogP contribution is 2.11. The normalized spacial score (nSPS) is 20.1. The molecule has 0 saturated heterocycles. The summed E-state index contributed by atoms with van der Waals surface area (Å²) in [6, 6.07) is 0. The van der Waals surface area contributed by atoms with Gasteiger partial charge in [-0.1, -0.05) is 0 Å². The third-order valence-electron chi connectivity index (χ3n) is 1.57. The molecule has 0 aliphatic rings. The lowest BCUT2D eigenvalue weighted by molar-refractivity contribution is 0.0000929. The first-order valence-corrected chi connectivity index (χ1v) is 3.47. The van der Waals surface area contributed by atoms with E-state index in [9.17, 15) is 5.11 Å². The summed E-state index contributed by atoms with van der Waals surface area (Å²) in [5.74, 6) is 0. The van der Waals surface area contributed by atoms with Crippen molar-refractivity contribution in [3.8, 4) is 0 Å². The summed E-state index contributed by atoms with van der Waals surface area (Å²) >= 11 is 0. The van der Waals surface area contributed by atoms with Gasteiger partial charge in [-0.05, 0) is 13.8 Å². The van der Waals surface area contributed by atoms with Crippen molar-refractivity contribution in [1.82, 2.24) is 0 Å². The van der Waals surface area contributed by atoms with Crippen LogP contribution in [0.4, 0.5) is 0 Å². The predicted molar refractivity (Wildman–Crippen MR) is 40.8 cm³/mol. The van der Waals surface area contributed by atoms with Gasteiger partial charge in [0.1, 0.15) is 0 Å². The van der Waals surface area contributed by atoms with E-state index in [1.165, 1.54) is 0 Å². The number of hydrogen-bond donors (Lipinski definition) is 2. The van der Waals surface area contributed by atoms with Gasteiger partial charge in [0.15, 0.2) is 0 Å². The summed E-state index contributed by atoms with van der Waals surface area (Å²) in [6.07, 6.45) is 0.651. The Morgan fingerprint density at radius 2 is 2.20 bits per heavy atom. The minimum atomic E-state index is -0.782. The molecule has 62 valence electrons. The molecule has 3 N–H and O–H groups in total. The first-order chi connectivity index (χ1) is 4.52. The third kappa shape index (κ3) is 3.82. The molecule has 0 rings (SSSR count). The van der Waals surface area contributed by atoms with Crippen LogP contribution in [0.3, 0.4) is 0 Å². The molecule has 10 heavy (non-hydrogen) atoms. The first kappa shape index (κ1) is 9.88. The summed E-state index contributed by atoms with van der Waals surface area (Å²) in [6.45, 7) is 3.90. The Morgan fingerprint density at radius 3 is 2.50 bits per heavy atom. The Bertz CT molecular complexity index is 93.6. The van der Waals surface area contributed by atoms with Gasteiger partial charge in [0.2, 0.25) is 0 Å². The summed E-state index contributed by atoms with van der Waals surface area (Å²) in [5, 5.41) is 9.42. The molecule has 0 radical (unpaired) electrons. The zero-order valence-electron chi connectivity index (χ0n) is 6.92. The fourth-order valence-electron chi connectivity index (χ4n) is 0.786. The molecule has 3 heteroatoms. The quantitative estimate of drug-likeness (QED) is 0.594. The van der Waals surface area contributed by atoms with Crippen molar-refractivity contribution in [2.24, 2.45) is 5.73 Å². The topological polar surface area (TPSA) is 55.5 Å². The van der Waals surface area contributed by atoms with Crippen molar-refractivity contribution in [2.75, 3.05) is 13.7 Å². The van der Waals surface area contributed by atoms with Gasteiger partial charge < -0.3 is 15.6 Å². The SMILES string of the molecule is COC(C)CC(C)(O)CN. The van der Waals surface area contributed by atoms with Crippen LogP contribution in [0.5, 0.6) is 0 Å². The second-order valence-corrected chi connectivity index (χ2v) is 2.95. The van der Waals surface area contributed by atoms with Crippen molar-refractivity contribution in [2.45, 2.75) is 32.0 Å². The summed E-state index contributed by atoms with van der Waals surface area (Å²) < 4.78 is 4.97. The summed E-state index contributed by atoms with van der Waals surface area (Å²) in [4.78, 5) is 0. The minimum absolute atomic E-state index is 0.0681. The molecule has 2 atom stereocenters. The smallest absolute Gasteiger partial charge is 0.0765 e. The van der Waals surface area contributed by atoms with E-state index < -0.39 is 5.60 Å². The van der Waals surface area contributed by atoms with Crippen LogP contribution in [-0.4, -0.2) is 30.5 Å². The van der Waals surface area contributed by atoms with Crippen LogP contribution in [-0.2, 0) is 4.74 Å². The van der Waals surface area contributed by atoms with E-state index in [1.54, 1.807) is 14.0 Å². The molecule has 3 nitrogen and oxygen atoms in total. The zero-order chi connectivity index (χ0) is 8.20. The van der Waals surface area contributed by atoms with E-state index >= 15 is 0 Å². The minimum Gasteiger partial charge on any atom is -0.389 e. The summed E-state index contributed by atoms with van der Waals surface area (Å²) in [7, 11) is 1.62. The number of aliphatic hydroxyl groups is 1. The monoisotopic (exact) mass is 147 g/mol. The highest BCUT2D eigenvalue weighted by atomic mass is 16.5. The largest absolute Gasteiger partial charge is 0.389 e. The van der Waals surface area contributed by atoms with Crippen molar-refractivity contribution in [3.63, 3.8) is 0 Å². The van der Waals surface area contributed by atoms with E-state index in [4.69, 9.17) is 10.5 Å². The Kier molecular flexibility index (Phi) is 3.86. The molecule has 0 amide bonds. The molecular weight excluding hydrogens is 130 g/mol. The van der Waals surface area contributed by atoms with Crippen LogP contribution in [0.1, 0.15) is 20.3 Å². The summed E-state index contributed by atoms with van der Waals surface area (Å²) in [5.41, 5.74) is 4.52. The lowest BCUT2D eigenvalue weighted by atomic mass is 10.00. The number of rotatable bonds is 4. The zero-order valence-corrected chi connectivity index (χ0v) is 6.92. The number of ether oxygens (including phenoxy) is 1. The molecule has 0 spiro atoms. The van der Waals surface area contributed by atoms with Gasteiger partial charge in [-0.2, -0.15) is 0 Å².